The third-order valence-corrected chi connectivity index (χ3v) is 4.10. The van der Waals surface area contributed by atoms with Gasteiger partial charge in [0.05, 0.1) is 6.61 Å². The van der Waals surface area contributed by atoms with Crippen molar-refractivity contribution in [2.45, 2.75) is 40.0 Å². The van der Waals surface area contributed by atoms with E-state index >= 15 is 0 Å². The van der Waals surface area contributed by atoms with Gasteiger partial charge in [0.1, 0.15) is 5.75 Å². The van der Waals surface area contributed by atoms with E-state index in [4.69, 9.17) is 27.8 Å². The minimum atomic E-state index is 0.354. The second kappa shape index (κ2) is 8.50. The van der Waals surface area contributed by atoms with Gasteiger partial charge in [-0.25, -0.2) is 0 Å². The molecule has 114 valence electrons. The van der Waals surface area contributed by atoms with E-state index in [1.54, 1.807) is 0 Å². The topological polar surface area (TPSA) is 61.3 Å². The Morgan fingerprint density at radius 3 is 2.45 bits per heavy atom. The predicted molar refractivity (Wildman–Crippen MR) is 86.6 cm³/mol. The van der Waals surface area contributed by atoms with E-state index < -0.39 is 0 Å². The van der Waals surface area contributed by atoms with Gasteiger partial charge in [-0.15, -0.1) is 0 Å². The van der Waals surface area contributed by atoms with Crippen molar-refractivity contribution in [2.75, 3.05) is 19.7 Å². The number of hydrogen-bond acceptors (Lipinski definition) is 3. The molecule has 4 N–H and O–H groups in total. The minimum absolute atomic E-state index is 0.354. The smallest absolute Gasteiger partial charge is 0.125 e. The van der Waals surface area contributed by atoms with Gasteiger partial charge in [0.25, 0.3) is 0 Å². The lowest BCUT2D eigenvalue weighted by molar-refractivity contribution is 0.310. The highest BCUT2D eigenvalue weighted by Gasteiger charge is 2.15. The predicted octanol–water partition coefficient (Wildman–Crippen LogP) is 3.21. The maximum atomic E-state index is 6.30. The van der Waals surface area contributed by atoms with Gasteiger partial charge in [0.15, 0.2) is 0 Å². The summed E-state index contributed by atoms with van der Waals surface area (Å²) >= 11 is 6.30. The van der Waals surface area contributed by atoms with Gasteiger partial charge in [-0.1, -0.05) is 18.5 Å². The van der Waals surface area contributed by atoms with Gasteiger partial charge in [-0.05, 0) is 74.9 Å². The van der Waals surface area contributed by atoms with Crippen LogP contribution in [0.5, 0.6) is 5.75 Å². The molecule has 0 saturated carbocycles. The highest BCUT2D eigenvalue weighted by Crippen LogP contribution is 2.33. The molecule has 0 heterocycles. The van der Waals surface area contributed by atoms with Crippen molar-refractivity contribution in [3.63, 3.8) is 0 Å². The Kier molecular flexibility index (Phi) is 7.35. The van der Waals surface area contributed by atoms with Crippen LogP contribution >= 0.6 is 11.6 Å². The monoisotopic (exact) mass is 298 g/mol. The molecule has 0 atom stereocenters. The fourth-order valence-corrected chi connectivity index (χ4v) is 2.58. The molecule has 0 aliphatic heterocycles. The Morgan fingerprint density at radius 1 is 1.25 bits per heavy atom. The van der Waals surface area contributed by atoms with Crippen LogP contribution < -0.4 is 16.2 Å². The van der Waals surface area contributed by atoms with Crippen LogP contribution in [0.25, 0.3) is 0 Å². The van der Waals surface area contributed by atoms with Gasteiger partial charge in [0, 0.05) is 5.02 Å². The van der Waals surface area contributed by atoms with Gasteiger partial charge < -0.3 is 16.2 Å². The highest BCUT2D eigenvalue weighted by atomic mass is 35.5. The fraction of sp³-hybridized carbons (Fsp3) is 0.625. The molecule has 0 fully saturated rings. The molecule has 0 aliphatic rings. The Labute approximate surface area is 127 Å². The second-order valence-electron chi connectivity index (χ2n) is 5.33. The first-order valence-corrected chi connectivity index (χ1v) is 7.74. The first kappa shape index (κ1) is 17.3. The summed E-state index contributed by atoms with van der Waals surface area (Å²) in [5.41, 5.74) is 14.9. The van der Waals surface area contributed by atoms with Crippen molar-refractivity contribution in [1.29, 1.82) is 0 Å². The first-order valence-electron chi connectivity index (χ1n) is 7.36. The van der Waals surface area contributed by atoms with Crippen LogP contribution in [0.1, 0.15) is 36.5 Å². The zero-order chi connectivity index (χ0) is 15.1. The van der Waals surface area contributed by atoms with E-state index in [1.165, 1.54) is 5.56 Å². The van der Waals surface area contributed by atoms with Gasteiger partial charge in [0.2, 0.25) is 0 Å². The van der Waals surface area contributed by atoms with Crippen LogP contribution in [0.4, 0.5) is 0 Å². The normalized spacial score (nSPS) is 11.2. The van der Waals surface area contributed by atoms with Crippen LogP contribution in [0.2, 0.25) is 5.02 Å². The lowest BCUT2D eigenvalue weighted by Crippen LogP contribution is -2.23. The molecule has 0 radical (unpaired) electrons. The van der Waals surface area contributed by atoms with Crippen LogP contribution in [0.15, 0.2) is 6.07 Å². The molecule has 0 aromatic heterocycles. The molecular weight excluding hydrogens is 272 g/mol. The number of halogens is 1. The molecule has 0 saturated heterocycles. The van der Waals surface area contributed by atoms with Crippen LogP contribution in [-0.4, -0.2) is 19.7 Å². The molecule has 0 amide bonds. The zero-order valence-corrected chi connectivity index (χ0v) is 13.6. The van der Waals surface area contributed by atoms with E-state index in [-0.39, 0.29) is 0 Å². The Hall–Kier alpha value is -0.770. The van der Waals surface area contributed by atoms with Crippen molar-refractivity contribution in [3.8, 4) is 5.75 Å². The Morgan fingerprint density at radius 2 is 1.90 bits per heavy atom. The SMILES string of the molecule is CCCOc1c(C)cc(Cl)c(C)c1CCC(CN)CN. The van der Waals surface area contributed by atoms with Crippen molar-refractivity contribution < 1.29 is 4.74 Å². The number of benzene rings is 1. The van der Waals surface area contributed by atoms with Crippen molar-refractivity contribution in [2.24, 2.45) is 17.4 Å². The van der Waals surface area contributed by atoms with Crippen LogP contribution in [0.3, 0.4) is 0 Å². The standard InChI is InChI=1S/C16H27ClN2O/c1-4-7-20-16-11(2)8-15(17)12(3)14(16)6-5-13(9-18)10-19/h8,13H,4-7,9-10,18-19H2,1-3H3. The van der Waals surface area contributed by atoms with Gasteiger partial charge >= 0.3 is 0 Å². The molecule has 0 unspecified atom stereocenters. The van der Waals surface area contributed by atoms with Crippen molar-refractivity contribution in [3.05, 3.63) is 27.8 Å². The van der Waals surface area contributed by atoms with Crippen molar-refractivity contribution in [1.82, 2.24) is 0 Å². The van der Waals surface area contributed by atoms with Gasteiger partial charge in [-0.2, -0.15) is 0 Å². The van der Waals surface area contributed by atoms with E-state index in [9.17, 15) is 0 Å². The van der Waals surface area contributed by atoms with Crippen LogP contribution in [0, 0.1) is 19.8 Å². The number of hydrogen-bond donors (Lipinski definition) is 2. The summed E-state index contributed by atoms with van der Waals surface area (Å²) < 4.78 is 5.93. The number of nitrogens with two attached hydrogens (primary N) is 2. The summed E-state index contributed by atoms with van der Waals surface area (Å²) in [6.45, 7) is 8.18. The van der Waals surface area contributed by atoms with E-state index in [0.717, 1.165) is 47.8 Å². The molecule has 3 nitrogen and oxygen atoms in total. The summed E-state index contributed by atoms with van der Waals surface area (Å²) in [4.78, 5) is 0. The third-order valence-electron chi connectivity index (χ3n) is 3.71. The Bertz CT molecular complexity index is 431. The largest absolute Gasteiger partial charge is 0.493 e. The molecule has 1 aromatic carbocycles. The highest BCUT2D eigenvalue weighted by molar-refractivity contribution is 6.31. The second-order valence-corrected chi connectivity index (χ2v) is 5.74. The lowest BCUT2D eigenvalue weighted by Gasteiger charge is -2.19. The number of ether oxygens (including phenoxy) is 1. The molecule has 1 aromatic rings. The van der Waals surface area contributed by atoms with E-state index in [1.807, 2.05) is 13.0 Å². The maximum Gasteiger partial charge on any atom is 0.125 e. The van der Waals surface area contributed by atoms with Crippen LogP contribution in [-0.2, 0) is 6.42 Å². The molecule has 20 heavy (non-hydrogen) atoms. The third kappa shape index (κ3) is 4.37. The minimum Gasteiger partial charge on any atom is -0.493 e. The average Bonchev–Trinajstić information content (AvgIpc) is 2.44. The van der Waals surface area contributed by atoms with Crippen molar-refractivity contribution >= 4 is 11.6 Å². The van der Waals surface area contributed by atoms with E-state index in [2.05, 4.69) is 13.8 Å². The summed E-state index contributed by atoms with van der Waals surface area (Å²) in [6.07, 6.45) is 2.87. The first-order chi connectivity index (χ1) is 9.54. The maximum absolute atomic E-state index is 6.30. The summed E-state index contributed by atoms with van der Waals surface area (Å²) in [5, 5.41) is 0.804. The lowest BCUT2D eigenvalue weighted by atomic mass is 9.94. The number of aryl methyl sites for hydroxylation is 1. The quantitative estimate of drug-likeness (QED) is 0.774. The molecule has 0 aliphatic carbocycles. The van der Waals surface area contributed by atoms with Gasteiger partial charge in [-0.3, -0.25) is 0 Å². The molecule has 4 heteroatoms. The number of rotatable bonds is 8. The zero-order valence-electron chi connectivity index (χ0n) is 12.8. The molecule has 0 spiro atoms. The average molecular weight is 299 g/mol. The Balaban J connectivity index is 3.00. The fourth-order valence-electron chi connectivity index (χ4n) is 2.30. The van der Waals surface area contributed by atoms with E-state index in [0.29, 0.717) is 19.0 Å². The molecule has 0 bridgehead atoms. The summed E-state index contributed by atoms with van der Waals surface area (Å²) in [7, 11) is 0. The summed E-state index contributed by atoms with van der Waals surface area (Å²) in [6, 6.07) is 1.98. The molecular formula is C16H27ClN2O. The summed E-state index contributed by atoms with van der Waals surface area (Å²) in [5.74, 6) is 1.34. The molecule has 1 rings (SSSR count).